The van der Waals surface area contributed by atoms with Gasteiger partial charge in [-0.15, -0.1) is 0 Å². The molecule has 0 aliphatic heterocycles. The fourth-order valence-electron chi connectivity index (χ4n) is 0.316. The first-order chi connectivity index (χ1) is 3.48. The van der Waals surface area contributed by atoms with Crippen LogP contribution in [0.15, 0.2) is 12.7 Å². The Morgan fingerprint density at radius 2 is 1.78 bits per heavy atom. The van der Waals surface area contributed by atoms with E-state index < -0.39 is 6.23 Å². The smallest absolute Gasteiger partial charge is 0.209 e. The number of hydrogen-bond donors (Lipinski definition) is 1. The predicted octanol–water partition coefficient (Wildman–Crippen LogP) is 0.0202. The van der Waals surface area contributed by atoms with E-state index >= 15 is 0 Å². The van der Waals surface area contributed by atoms with E-state index in [2.05, 4.69) is 6.58 Å². The summed E-state index contributed by atoms with van der Waals surface area (Å²) >= 11 is 0. The third-order valence-corrected chi connectivity index (χ3v) is 1.00. The summed E-state index contributed by atoms with van der Waals surface area (Å²) in [6.45, 7) is 3.46. The number of hydrogen-bond acceptors (Lipinski definition) is 2. The fraction of sp³-hybridized carbons (Fsp3) is 0.667. The van der Waals surface area contributed by atoms with Gasteiger partial charge in [-0.25, -0.2) is 0 Å². The second-order valence-electron chi connectivity index (χ2n) is 2.77. The first kappa shape index (κ1) is 11.4. The molecule has 0 heterocycles. The monoisotopic (exact) mass is 133 g/mol. The van der Waals surface area contributed by atoms with Crippen molar-refractivity contribution in [2.45, 2.75) is 6.23 Å². The van der Waals surface area contributed by atoms with E-state index in [9.17, 15) is 0 Å². The fourth-order valence-corrected chi connectivity index (χ4v) is 0.316. The Morgan fingerprint density at radius 3 is 1.78 bits per heavy atom. The lowest BCUT2D eigenvalue weighted by Gasteiger charge is -2.27. The molecule has 2 N–H and O–H groups in total. The molecule has 56 valence electrons. The van der Waals surface area contributed by atoms with Gasteiger partial charge in [-0.3, -0.25) is 0 Å². The van der Waals surface area contributed by atoms with Crippen LogP contribution in [0.3, 0.4) is 0 Å². The lowest BCUT2D eigenvalue weighted by atomic mass is 10.4. The SMILES string of the molecule is C=CC(O)[N+](C)(C)C.[OH-]. The van der Waals surface area contributed by atoms with Gasteiger partial charge < -0.3 is 15.1 Å². The van der Waals surface area contributed by atoms with Gasteiger partial charge in [-0.1, -0.05) is 6.58 Å². The number of aliphatic hydroxyl groups excluding tert-OH is 1. The third-order valence-electron chi connectivity index (χ3n) is 1.00. The van der Waals surface area contributed by atoms with Crippen molar-refractivity contribution in [3.05, 3.63) is 12.7 Å². The van der Waals surface area contributed by atoms with E-state index in [1.165, 1.54) is 6.08 Å². The van der Waals surface area contributed by atoms with Crippen molar-refractivity contribution in [2.75, 3.05) is 21.1 Å². The van der Waals surface area contributed by atoms with Gasteiger partial charge in [0.05, 0.1) is 21.1 Å². The van der Waals surface area contributed by atoms with Crippen LogP contribution in [0.2, 0.25) is 0 Å². The van der Waals surface area contributed by atoms with Crippen LogP contribution in [0.25, 0.3) is 0 Å². The lowest BCUT2D eigenvalue weighted by Crippen LogP contribution is -2.43. The maximum absolute atomic E-state index is 9.05. The van der Waals surface area contributed by atoms with Crippen molar-refractivity contribution in [1.29, 1.82) is 0 Å². The molecule has 3 heteroatoms. The van der Waals surface area contributed by atoms with Crippen molar-refractivity contribution < 1.29 is 15.1 Å². The number of likely N-dealkylation sites (N-methyl/N-ethyl adjacent to an activating group) is 1. The van der Waals surface area contributed by atoms with Crippen LogP contribution >= 0.6 is 0 Å². The van der Waals surface area contributed by atoms with E-state index in [1.54, 1.807) is 0 Å². The molecule has 0 rings (SSSR count). The van der Waals surface area contributed by atoms with E-state index in [4.69, 9.17) is 5.11 Å². The summed E-state index contributed by atoms with van der Waals surface area (Å²) in [7, 11) is 5.73. The first-order valence-electron chi connectivity index (χ1n) is 2.60. The maximum atomic E-state index is 9.05. The molecule has 1 unspecified atom stereocenters. The van der Waals surface area contributed by atoms with E-state index in [1.807, 2.05) is 21.1 Å². The molecule has 0 aromatic rings. The Kier molecular flexibility index (Phi) is 4.58. The summed E-state index contributed by atoms with van der Waals surface area (Å²) in [4.78, 5) is 0. The van der Waals surface area contributed by atoms with Gasteiger partial charge in [0.25, 0.3) is 0 Å². The topological polar surface area (TPSA) is 50.2 Å². The normalized spacial score (nSPS) is 13.8. The summed E-state index contributed by atoms with van der Waals surface area (Å²) in [5.74, 6) is 0. The predicted molar refractivity (Wildman–Crippen MR) is 36.2 cm³/mol. The molecule has 0 aromatic heterocycles. The van der Waals surface area contributed by atoms with Crippen LogP contribution in [-0.2, 0) is 0 Å². The summed E-state index contributed by atoms with van der Waals surface area (Å²) < 4.78 is 0.517. The summed E-state index contributed by atoms with van der Waals surface area (Å²) in [5, 5.41) is 9.05. The molecule has 0 saturated carbocycles. The summed E-state index contributed by atoms with van der Waals surface area (Å²) in [5.41, 5.74) is 0. The average Bonchev–Trinajstić information content (AvgIpc) is 1.62. The van der Waals surface area contributed by atoms with Crippen molar-refractivity contribution in [3.8, 4) is 0 Å². The number of nitrogens with zero attached hydrogens (tertiary/aromatic N) is 1. The minimum absolute atomic E-state index is 0. The number of rotatable bonds is 2. The highest BCUT2D eigenvalue weighted by Gasteiger charge is 2.14. The minimum Gasteiger partial charge on any atom is -0.870 e. The highest BCUT2D eigenvalue weighted by Crippen LogP contribution is 1.97. The summed E-state index contributed by atoms with van der Waals surface area (Å²) in [6, 6.07) is 0. The molecule has 1 atom stereocenters. The second kappa shape index (κ2) is 3.61. The molecule has 0 spiro atoms. The van der Waals surface area contributed by atoms with Gasteiger partial charge in [0.15, 0.2) is 0 Å². The van der Waals surface area contributed by atoms with Crippen LogP contribution in [0, 0.1) is 0 Å². The molecule has 0 amide bonds. The van der Waals surface area contributed by atoms with Crippen molar-refractivity contribution in [1.82, 2.24) is 0 Å². The van der Waals surface area contributed by atoms with Gasteiger partial charge in [0.2, 0.25) is 6.23 Å². The van der Waals surface area contributed by atoms with Crippen LogP contribution < -0.4 is 0 Å². The Morgan fingerprint density at radius 1 is 1.44 bits per heavy atom. The molecule has 3 nitrogen and oxygen atoms in total. The van der Waals surface area contributed by atoms with Crippen LogP contribution in [0.4, 0.5) is 0 Å². The van der Waals surface area contributed by atoms with E-state index in [-0.39, 0.29) is 5.48 Å². The average molecular weight is 133 g/mol. The van der Waals surface area contributed by atoms with Gasteiger partial charge in [-0.2, -0.15) is 0 Å². The molecule has 0 aliphatic carbocycles. The molecular weight excluding hydrogens is 118 g/mol. The van der Waals surface area contributed by atoms with Crippen molar-refractivity contribution in [3.63, 3.8) is 0 Å². The largest absolute Gasteiger partial charge is 0.870 e. The second-order valence-corrected chi connectivity index (χ2v) is 2.77. The Hall–Kier alpha value is -0.380. The Bertz CT molecular complexity index is 85.5. The lowest BCUT2D eigenvalue weighted by molar-refractivity contribution is -0.910. The summed E-state index contributed by atoms with van der Waals surface area (Å²) in [6.07, 6.45) is 1.08. The van der Waals surface area contributed by atoms with Crippen LogP contribution in [0.1, 0.15) is 0 Å². The molecule has 0 radical (unpaired) electrons. The zero-order chi connectivity index (χ0) is 6.78. The standard InChI is InChI=1S/C6H14NO.H2O/c1-5-6(8)7(2,3)4;/h5-6,8H,1H2,2-4H3;1H2/q+1;/p-1. The van der Waals surface area contributed by atoms with Crippen molar-refractivity contribution in [2.24, 2.45) is 0 Å². The minimum atomic E-state index is -0.449. The molecular formula is C6H15NO2. The number of aliphatic hydroxyl groups is 1. The van der Waals surface area contributed by atoms with Crippen molar-refractivity contribution >= 4 is 0 Å². The first-order valence-corrected chi connectivity index (χ1v) is 2.60. The van der Waals surface area contributed by atoms with E-state index in [0.717, 1.165) is 0 Å². The molecule has 0 bridgehead atoms. The zero-order valence-electron chi connectivity index (χ0n) is 6.20. The highest BCUT2D eigenvalue weighted by molar-refractivity contribution is 4.69. The Labute approximate surface area is 56.1 Å². The maximum Gasteiger partial charge on any atom is 0.209 e. The third kappa shape index (κ3) is 4.14. The van der Waals surface area contributed by atoms with Gasteiger partial charge in [-0.05, 0) is 6.08 Å². The molecule has 0 aromatic carbocycles. The van der Waals surface area contributed by atoms with Gasteiger partial charge >= 0.3 is 0 Å². The highest BCUT2D eigenvalue weighted by atomic mass is 16.3. The van der Waals surface area contributed by atoms with Gasteiger partial charge in [0.1, 0.15) is 0 Å². The van der Waals surface area contributed by atoms with Gasteiger partial charge in [0, 0.05) is 0 Å². The molecule has 0 aliphatic rings. The molecule has 0 fully saturated rings. The zero-order valence-corrected chi connectivity index (χ0v) is 6.20. The Balaban J connectivity index is 0. The number of quaternary nitrogens is 1. The molecule has 9 heavy (non-hydrogen) atoms. The molecule has 0 saturated heterocycles. The quantitative estimate of drug-likeness (QED) is 0.328. The van der Waals surface area contributed by atoms with Crippen LogP contribution in [-0.4, -0.2) is 42.4 Å². The van der Waals surface area contributed by atoms with E-state index in [0.29, 0.717) is 4.48 Å². The van der Waals surface area contributed by atoms with Crippen LogP contribution in [0.5, 0.6) is 0 Å².